The van der Waals surface area contributed by atoms with Gasteiger partial charge >= 0.3 is 0 Å². The number of hydrogen-bond acceptors (Lipinski definition) is 4. The third-order valence-corrected chi connectivity index (χ3v) is 3.24. The van der Waals surface area contributed by atoms with Gasteiger partial charge in [0.25, 0.3) is 0 Å². The summed E-state index contributed by atoms with van der Waals surface area (Å²) in [4.78, 5) is 13.6. The molecule has 0 aliphatic carbocycles. The fourth-order valence-electron chi connectivity index (χ4n) is 2.07. The number of hydrogen-bond donors (Lipinski definition) is 1. The first-order valence-electron chi connectivity index (χ1n) is 6.35. The SMILES string of the molecule is CC1C(=O)NCCN1CCOc1cccc(C#N)c1. The molecular formula is C14H17N3O2. The second kappa shape index (κ2) is 6.21. The molecule has 100 valence electrons. The van der Waals surface area contributed by atoms with Crippen LogP contribution in [0.5, 0.6) is 5.75 Å². The number of benzene rings is 1. The van der Waals surface area contributed by atoms with E-state index in [0.717, 1.165) is 6.54 Å². The maximum atomic E-state index is 11.5. The predicted octanol–water partition coefficient (Wildman–Crippen LogP) is 0.757. The monoisotopic (exact) mass is 259 g/mol. The molecule has 5 nitrogen and oxygen atoms in total. The van der Waals surface area contributed by atoms with Gasteiger partial charge in [0.05, 0.1) is 17.7 Å². The van der Waals surface area contributed by atoms with Gasteiger partial charge in [-0.1, -0.05) is 6.07 Å². The Morgan fingerprint density at radius 3 is 3.21 bits per heavy atom. The van der Waals surface area contributed by atoms with Crippen LogP contribution in [0.15, 0.2) is 24.3 Å². The summed E-state index contributed by atoms with van der Waals surface area (Å²) in [6.45, 7) is 4.63. The third kappa shape index (κ3) is 3.46. The Balaban J connectivity index is 1.83. The van der Waals surface area contributed by atoms with Crippen molar-refractivity contribution >= 4 is 5.91 Å². The molecule has 1 amide bonds. The average Bonchev–Trinajstić information content (AvgIpc) is 2.44. The highest BCUT2D eigenvalue weighted by Gasteiger charge is 2.24. The number of nitrogens with one attached hydrogen (secondary N) is 1. The predicted molar refractivity (Wildman–Crippen MR) is 70.7 cm³/mol. The lowest BCUT2D eigenvalue weighted by Gasteiger charge is -2.32. The molecule has 1 atom stereocenters. The summed E-state index contributed by atoms with van der Waals surface area (Å²) in [7, 11) is 0. The third-order valence-electron chi connectivity index (χ3n) is 3.24. The smallest absolute Gasteiger partial charge is 0.237 e. The van der Waals surface area contributed by atoms with Crippen molar-refractivity contribution in [3.8, 4) is 11.8 Å². The first-order chi connectivity index (χ1) is 9.20. The normalized spacial score (nSPS) is 19.6. The van der Waals surface area contributed by atoms with Crippen molar-refractivity contribution in [2.45, 2.75) is 13.0 Å². The van der Waals surface area contributed by atoms with Crippen LogP contribution in [0.1, 0.15) is 12.5 Å². The second-order valence-electron chi connectivity index (χ2n) is 4.49. The molecule has 1 unspecified atom stereocenters. The van der Waals surface area contributed by atoms with Crippen molar-refractivity contribution < 1.29 is 9.53 Å². The van der Waals surface area contributed by atoms with E-state index in [2.05, 4.69) is 16.3 Å². The highest BCUT2D eigenvalue weighted by molar-refractivity contribution is 5.81. The number of nitriles is 1. The minimum absolute atomic E-state index is 0.0673. The number of carbonyl (C=O) groups excluding carboxylic acids is 1. The van der Waals surface area contributed by atoms with Crippen molar-refractivity contribution in [3.05, 3.63) is 29.8 Å². The maximum Gasteiger partial charge on any atom is 0.237 e. The molecule has 0 aromatic heterocycles. The molecule has 0 bridgehead atoms. The first kappa shape index (κ1) is 13.4. The van der Waals surface area contributed by atoms with Crippen LogP contribution in [-0.4, -0.2) is 43.1 Å². The zero-order valence-electron chi connectivity index (χ0n) is 10.9. The number of amides is 1. The van der Waals surface area contributed by atoms with Gasteiger partial charge in [-0.05, 0) is 25.1 Å². The van der Waals surface area contributed by atoms with Gasteiger partial charge in [-0.3, -0.25) is 9.69 Å². The van der Waals surface area contributed by atoms with Crippen molar-refractivity contribution in [1.82, 2.24) is 10.2 Å². The van der Waals surface area contributed by atoms with Crippen LogP contribution in [0, 0.1) is 11.3 Å². The fourth-order valence-corrected chi connectivity index (χ4v) is 2.07. The van der Waals surface area contributed by atoms with Gasteiger partial charge in [-0.25, -0.2) is 0 Å². The molecule has 1 heterocycles. The topological polar surface area (TPSA) is 65.4 Å². The Bertz CT molecular complexity index is 496. The summed E-state index contributed by atoms with van der Waals surface area (Å²) < 4.78 is 5.61. The summed E-state index contributed by atoms with van der Waals surface area (Å²) in [5, 5.41) is 11.6. The standard InChI is InChI=1S/C14H17N3O2/c1-11-14(18)16-5-6-17(11)7-8-19-13-4-2-3-12(9-13)10-15/h2-4,9,11H,5-8H2,1H3,(H,16,18). The van der Waals surface area contributed by atoms with E-state index in [4.69, 9.17) is 10.00 Å². The van der Waals surface area contributed by atoms with Gasteiger partial charge in [0, 0.05) is 19.6 Å². The number of carbonyl (C=O) groups is 1. The minimum Gasteiger partial charge on any atom is -0.492 e. The van der Waals surface area contributed by atoms with Gasteiger partial charge in [0.2, 0.25) is 5.91 Å². The molecule has 0 saturated carbocycles. The molecule has 2 rings (SSSR count). The van der Waals surface area contributed by atoms with Gasteiger partial charge in [0.15, 0.2) is 0 Å². The van der Waals surface area contributed by atoms with E-state index in [0.29, 0.717) is 31.0 Å². The summed E-state index contributed by atoms with van der Waals surface area (Å²) >= 11 is 0. The molecule has 0 radical (unpaired) electrons. The number of piperazine rings is 1. The van der Waals surface area contributed by atoms with E-state index in [9.17, 15) is 4.79 Å². The van der Waals surface area contributed by atoms with Crippen molar-refractivity contribution in [2.75, 3.05) is 26.2 Å². The van der Waals surface area contributed by atoms with Crippen LogP contribution in [0.25, 0.3) is 0 Å². The molecule has 1 aliphatic rings. The molecule has 1 aromatic rings. The first-order valence-corrected chi connectivity index (χ1v) is 6.35. The lowest BCUT2D eigenvalue weighted by Crippen LogP contribution is -2.54. The molecule has 5 heteroatoms. The zero-order chi connectivity index (χ0) is 13.7. The summed E-state index contributed by atoms with van der Waals surface area (Å²) in [5.41, 5.74) is 0.586. The fraction of sp³-hybridized carbons (Fsp3) is 0.429. The summed E-state index contributed by atoms with van der Waals surface area (Å²) in [6, 6.07) is 9.05. The van der Waals surface area contributed by atoms with Gasteiger partial charge in [0.1, 0.15) is 12.4 Å². The molecule has 1 fully saturated rings. The molecule has 1 saturated heterocycles. The van der Waals surface area contributed by atoms with Crippen molar-refractivity contribution in [2.24, 2.45) is 0 Å². The number of nitrogens with zero attached hydrogens (tertiary/aromatic N) is 2. The quantitative estimate of drug-likeness (QED) is 0.867. The minimum atomic E-state index is -0.109. The largest absolute Gasteiger partial charge is 0.492 e. The van der Waals surface area contributed by atoms with E-state index in [1.807, 2.05) is 13.0 Å². The molecule has 0 spiro atoms. The highest BCUT2D eigenvalue weighted by atomic mass is 16.5. The van der Waals surface area contributed by atoms with Gasteiger partial charge < -0.3 is 10.1 Å². The Morgan fingerprint density at radius 1 is 1.58 bits per heavy atom. The van der Waals surface area contributed by atoms with Crippen molar-refractivity contribution in [1.29, 1.82) is 5.26 Å². The number of rotatable bonds is 4. The average molecular weight is 259 g/mol. The van der Waals surface area contributed by atoms with Crippen LogP contribution in [0.3, 0.4) is 0 Å². The lowest BCUT2D eigenvalue weighted by atomic mass is 10.2. The molecule has 19 heavy (non-hydrogen) atoms. The van der Waals surface area contributed by atoms with E-state index in [-0.39, 0.29) is 11.9 Å². The van der Waals surface area contributed by atoms with Crippen molar-refractivity contribution in [3.63, 3.8) is 0 Å². The van der Waals surface area contributed by atoms with Gasteiger partial charge in [-0.15, -0.1) is 0 Å². The maximum absolute atomic E-state index is 11.5. The molecular weight excluding hydrogens is 242 g/mol. The van der Waals surface area contributed by atoms with E-state index >= 15 is 0 Å². The van der Waals surface area contributed by atoms with Crippen LogP contribution >= 0.6 is 0 Å². The number of ether oxygens (including phenoxy) is 1. The zero-order valence-corrected chi connectivity index (χ0v) is 10.9. The van der Waals surface area contributed by atoms with E-state index in [1.54, 1.807) is 18.2 Å². The Labute approximate surface area is 112 Å². The lowest BCUT2D eigenvalue weighted by molar-refractivity contribution is -0.128. The highest BCUT2D eigenvalue weighted by Crippen LogP contribution is 2.12. The summed E-state index contributed by atoms with van der Waals surface area (Å²) in [5.74, 6) is 0.755. The van der Waals surface area contributed by atoms with Crippen LogP contribution < -0.4 is 10.1 Å². The van der Waals surface area contributed by atoms with Crippen LogP contribution in [0.2, 0.25) is 0 Å². The second-order valence-corrected chi connectivity index (χ2v) is 4.49. The van der Waals surface area contributed by atoms with E-state index < -0.39 is 0 Å². The van der Waals surface area contributed by atoms with Gasteiger partial charge in [-0.2, -0.15) is 5.26 Å². The molecule has 1 aromatic carbocycles. The molecule has 1 N–H and O–H groups in total. The Kier molecular flexibility index (Phi) is 4.37. The Hall–Kier alpha value is -2.06. The van der Waals surface area contributed by atoms with E-state index in [1.165, 1.54) is 0 Å². The molecule has 1 aliphatic heterocycles. The van der Waals surface area contributed by atoms with Crippen LogP contribution in [-0.2, 0) is 4.79 Å². The summed E-state index contributed by atoms with van der Waals surface area (Å²) in [6.07, 6.45) is 0. The Morgan fingerprint density at radius 2 is 2.42 bits per heavy atom. The van der Waals surface area contributed by atoms with Crippen LogP contribution in [0.4, 0.5) is 0 Å².